The van der Waals surface area contributed by atoms with Crippen LogP contribution in [-0.2, 0) is 16.1 Å². The van der Waals surface area contributed by atoms with Gasteiger partial charge in [-0.05, 0) is 6.92 Å². The first-order chi connectivity index (χ1) is 9.11. The number of ether oxygens (including phenoxy) is 1. The van der Waals surface area contributed by atoms with Crippen molar-refractivity contribution in [1.29, 1.82) is 0 Å². The molecule has 0 bridgehead atoms. The molecule has 0 spiro atoms. The van der Waals surface area contributed by atoms with Crippen molar-refractivity contribution in [3.05, 3.63) is 18.0 Å². The van der Waals surface area contributed by atoms with E-state index in [0.717, 1.165) is 0 Å². The van der Waals surface area contributed by atoms with E-state index in [4.69, 9.17) is 14.4 Å². The molecule has 0 aliphatic heterocycles. The van der Waals surface area contributed by atoms with Crippen LogP contribution in [-0.4, -0.2) is 41.5 Å². The average Bonchev–Trinajstić information content (AvgIpc) is 2.86. The lowest BCUT2D eigenvalue weighted by Crippen LogP contribution is -2.40. The van der Waals surface area contributed by atoms with Gasteiger partial charge in [-0.15, -0.1) is 0 Å². The van der Waals surface area contributed by atoms with Gasteiger partial charge in [0.15, 0.2) is 5.76 Å². The van der Waals surface area contributed by atoms with Gasteiger partial charge in [0.05, 0.1) is 25.3 Å². The number of rotatable bonds is 8. The lowest BCUT2D eigenvalue weighted by atomic mass is 10.2. The Bertz CT molecular complexity index is 393. The number of carbonyl (C=O) groups is 2. The Kier molecular flexibility index (Phi) is 6.37. The summed E-state index contributed by atoms with van der Waals surface area (Å²) in [5, 5.41) is 17.3. The van der Waals surface area contributed by atoms with Crippen molar-refractivity contribution in [2.75, 3.05) is 13.2 Å². The minimum Gasteiger partial charge on any atom is -0.481 e. The van der Waals surface area contributed by atoms with Crippen LogP contribution in [0.3, 0.4) is 0 Å². The summed E-state index contributed by atoms with van der Waals surface area (Å²) in [6.45, 7) is 2.49. The third-order valence-corrected chi connectivity index (χ3v) is 2.21. The molecule has 1 heterocycles. The van der Waals surface area contributed by atoms with Crippen LogP contribution in [0.5, 0.6) is 0 Å². The average molecular weight is 271 g/mol. The van der Waals surface area contributed by atoms with Crippen molar-refractivity contribution in [2.45, 2.75) is 26.0 Å². The van der Waals surface area contributed by atoms with E-state index in [0.29, 0.717) is 12.4 Å². The Morgan fingerprint density at radius 1 is 1.53 bits per heavy atom. The maximum Gasteiger partial charge on any atom is 0.315 e. The second-order valence-corrected chi connectivity index (χ2v) is 3.72. The van der Waals surface area contributed by atoms with Crippen molar-refractivity contribution in [2.24, 2.45) is 0 Å². The number of aliphatic carboxylic acids is 1. The molecule has 106 valence electrons. The number of nitrogens with zero attached hydrogens (tertiary/aromatic N) is 1. The van der Waals surface area contributed by atoms with Gasteiger partial charge in [-0.2, -0.15) is 0 Å². The molecule has 8 nitrogen and oxygen atoms in total. The van der Waals surface area contributed by atoms with Gasteiger partial charge in [-0.3, -0.25) is 4.79 Å². The minimum absolute atomic E-state index is 0.127. The van der Waals surface area contributed by atoms with E-state index < -0.39 is 18.1 Å². The summed E-state index contributed by atoms with van der Waals surface area (Å²) in [4.78, 5) is 22.0. The number of amides is 2. The summed E-state index contributed by atoms with van der Waals surface area (Å²) in [5.74, 6) is -0.440. The molecule has 0 fully saturated rings. The molecule has 3 N–H and O–H groups in total. The van der Waals surface area contributed by atoms with E-state index in [1.807, 2.05) is 0 Å². The summed E-state index contributed by atoms with van der Waals surface area (Å²) >= 11 is 0. The molecule has 0 aliphatic rings. The maximum atomic E-state index is 11.4. The Morgan fingerprint density at radius 3 is 2.89 bits per heavy atom. The molecule has 2 amide bonds. The van der Waals surface area contributed by atoms with Crippen LogP contribution in [0.15, 0.2) is 16.8 Å². The predicted molar refractivity (Wildman–Crippen MR) is 64.4 cm³/mol. The Balaban J connectivity index is 2.24. The zero-order chi connectivity index (χ0) is 14.1. The molecule has 0 aliphatic carbocycles. The molecule has 1 atom stereocenters. The van der Waals surface area contributed by atoms with Crippen LogP contribution in [0, 0.1) is 0 Å². The third-order valence-electron chi connectivity index (χ3n) is 2.21. The molecule has 0 saturated heterocycles. The van der Waals surface area contributed by atoms with Crippen molar-refractivity contribution >= 4 is 12.0 Å². The fourth-order valence-electron chi connectivity index (χ4n) is 1.39. The molecule has 1 rings (SSSR count). The van der Waals surface area contributed by atoms with Gasteiger partial charge in [0, 0.05) is 19.2 Å². The highest BCUT2D eigenvalue weighted by Gasteiger charge is 2.14. The number of hydrogen-bond acceptors (Lipinski definition) is 5. The largest absolute Gasteiger partial charge is 0.481 e. The first-order valence-electron chi connectivity index (χ1n) is 5.86. The van der Waals surface area contributed by atoms with E-state index in [2.05, 4.69) is 15.8 Å². The number of carboxylic acid groups (broad SMARTS) is 1. The van der Waals surface area contributed by atoms with Crippen LogP contribution >= 0.6 is 0 Å². The second-order valence-electron chi connectivity index (χ2n) is 3.72. The van der Waals surface area contributed by atoms with Crippen molar-refractivity contribution in [1.82, 2.24) is 15.8 Å². The van der Waals surface area contributed by atoms with Crippen LogP contribution in [0.1, 0.15) is 19.1 Å². The lowest BCUT2D eigenvalue weighted by molar-refractivity contribution is -0.140. The normalized spacial score (nSPS) is 11.8. The van der Waals surface area contributed by atoms with Crippen LogP contribution < -0.4 is 10.6 Å². The molecular formula is C11H17N3O5. The number of nitrogens with one attached hydrogen (secondary N) is 2. The van der Waals surface area contributed by atoms with Gasteiger partial charge in [0.2, 0.25) is 0 Å². The second kappa shape index (κ2) is 8.09. The van der Waals surface area contributed by atoms with E-state index in [1.54, 1.807) is 13.0 Å². The number of carboxylic acids is 1. The van der Waals surface area contributed by atoms with Gasteiger partial charge >= 0.3 is 12.0 Å². The van der Waals surface area contributed by atoms with E-state index in [9.17, 15) is 9.59 Å². The highest BCUT2D eigenvalue weighted by Crippen LogP contribution is 1.98. The number of carbonyl (C=O) groups excluding carboxylic acids is 1. The zero-order valence-electron chi connectivity index (χ0n) is 10.6. The number of aromatic nitrogens is 1. The molecule has 1 aromatic heterocycles. The Morgan fingerprint density at radius 2 is 2.32 bits per heavy atom. The smallest absolute Gasteiger partial charge is 0.315 e. The van der Waals surface area contributed by atoms with Gasteiger partial charge in [0.1, 0.15) is 0 Å². The molecular weight excluding hydrogens is 254 g/mol. The number of urea groups is 1. The van der Waals surface area contributed by atoms with E-state index in [-0.39, 0.29) is 19.5 Å². The number of hydrogen-bond donors (Lipinski definition) is 3. The quantitative estimate of drug-likeness (QED) is 0.628. The summed E-state index contributed by atoms with van der Waals surface area (Å²) < 4.78 is 10.0. The summed E-state index contributed by atoms with van der Waals surface area (Å²) in [6, 6.07) is 1.21. The monoisotopic (exact) mass is 271 g/mol. The summed E-state index contributed by atoms with van der Waals surface area (Å²) in [7, 11) is 0. The van der Waals surface area contributed by atoms with Crippen LogP contribution in [0.2, 0.25) is 0 Å². The molecule has 8 heteroatoms. The van der Waals surface area contributed by atoms with Crippen molar-refractivity contribution in [3.63, 3.8) is 0 Å². The van der Waals surface area contributed by atoms with Crippen LogP contribution in [0.4, 0.5) is 4.79 Å². The highest BCUT2D eigenvalue weighted by atomic mass is 16.5. The topological polar surface area (TPSA) is 114 Å². The predicted octanol–water partition coefficient (Wildman–Crippen LogP) is 0.354. The minimum atomic E-state index is -0.970. The highest BCUT2D eigenvalue weighted by molar-refractivity contribution is 5.74. The fraction of sp³-hybridized carbons (Fsp3) is 0.545. The maximum absolute atomic E-state index is 11.4. The van der Waals surface area contributed by atoms with E-state index in [1.165, 1.54) is 6.20 Å². The van der Waals surface area contributed by atoms with Gasteiger partial charge in [-0.25, -0.2) is 4.79 Å². The molecule has 0 saturated carbocycles. The standard InChI is InChI=1S/C11H17N3O5/c1-2-18-9(5-10(15)16)7-13-11(17)12-6-8-3-4-14-19-8/h3-4,9H,2,5-7H2,1H3,(H,15,16)(H2,12,13,17). The SMILES string of the molecule is CCOC(CNC(=O)NCc1ccno1)CC(=O)O. The van der Waals surface area contributed by atoms with Crippen LogP contribution in [0.25, 0.3) is 0 Å². The van der Waals surface area contributed by atoms with Crippen molar-refractivity contribution < 1.29 is 24.0 Å². The van der Waals surface area contributed by atoms with Gasteiger partial charge in [-0.1, -0.05) is 5.16 Å². The lowest BCUT2D eigenvalue weighted by Gasteiger charge is -2.15. The Labute approximate surface area is 110 Å². The summed E-state index contributed by atoms with van der Waals surface area (Å²) in [5.41, 5.74) is 0. The molecule has 19 heavy (non-hydrogen) atoms. The van der Waals surface area contributed by atoms with Crippen molar-refractivity contribution in [3.8, 4) is 0 Å². The molecule has 0 radical (unpaired) electrons. The summed E-state index contributed by atoms with van der Waals surface area (Å²) in [6.07, 6.45) is 0.780. The van der Waals surface area contributed by atoms with Gasteiger partial charge in [0.25, 0.3) is 0 Å². The van der Waals surface area contributed by atoms with E-state index >= 15 is 0 Å². The first-order valence-corrected chi connectivity index (χ1v) is 5.86. The molecule has 1 unspecified atom stereocenters. The third kappa shape index (κ3) is 6.41. The van der Waals surface area contributed by atoms with Gasteiger partial charge < -0.3 is 25.0 Å². The molecule has 1 aromatic rings. The first kappa shape index (κ1) is 15.0. The fourth-order valence-corrected chi connectivity index (χ4v) is 1.39. The Hall–Kier alpha value is -2.09. The zero-order valence-corrected chi connectivity index (χ0v) is 10.6. The molecule has 0 aromatic carbocycles.